The minimum Gasteiger partial charge on any atom is -0.343 e. The first kappa shape index (κ1) is 19.5. The van der Waals surface area contributed by atoms with Gasteiger partial charge in [-0.1, -0.05) is 6.07 Å². The number of amides is 1. The quantitative estimate of drug-likeness (QED) is 0.731. The summed E-state index contributed by atoms with van der Waals surface area (Å²) in [5, 5.41) is 0. The van der Waals surface area contributed by atoms with Crippen LogP contribution < -0.4 is 4.31 Å². The van der Waals surface area contributed by atoms with Crippen LogP contribution in [-0.4, -0.2) is 45.1 Å². The van der Waals surface area contributed by atoms with Gasteiger partial charge in [0.15, 0.2) is 0 Å². The van der Waals surface area contributed by atoms with Gasteiger partial charge in [0.05, 0.1) is 11.9 Å². The van der Waals surface area contributed by atoms with Crippen LogP contribution in [0.5, 0.6) is 0 Å². The molecule has 0 saturated carbocycles. The molecule has 1 aromatic carbocycles. The lowest BCUT2D eigenvalue weighted by Gasteiger charge is -2.24. The van der Waals surface area contributed by atoms with Crippen LogP contribution in [0.1, 0.15) is 37.8 Å². The second kappa shape index (κ2) is 8.34. The van der Waals surface area contributed by atoms with Gasteiger partial charge < -0.3 is 4.90 Å². The van der Waals surface area contributed by atoms with E-state index in [4.69, 9.17) is 0 Å². The first-order valence-corrected chi connectivity index (χ1v) is 9.88. The van der Waals surface area contributed by atoms with E-state index in [-0.39, 0.29) is 5.91 Å². The number of carbonyl (C=O) groups excluding carboxylic acids is 1. The topological polar surface area (TPSA) is 57.7 Å². The van der Waals surface area contributed by atoms with Gasteiger partial charge in [0.25, 0.3) is 0 Å². The van der Waals surface area contributed by atoms with E-state index >= 15 is 0 Å². The summed E-state index contributed by atoms with van der Waals surface area (Å²) in [5.74, 6) is 0.0727. The number of hydrogen-bond donors (Lipinski definition) is 0. The van der Waals surface area contributed by atoms with E-state index in [2.05, 4.69) is 0 Å². The van der Waals surface area contributed by atoms with Crippen molar-refractivity contribution in [3.05, 3.63) is 29.3 Å². The molecule has 0 atom stereocenters. The minimum atomic E-state index is -3.37. The smallest absolute Gasteiger partial charge is 0.232 e. The summed E-state index contributed by atoms with van der Waals surface area (Å²) < 4.78 is 25.5. The summed E-state index contributed by atoms with van der Waals surface area (Å²) in [5.41, 5.74) is 2.83. The molecule has 0 aliphatic rings. The van der Waals surface area contributed by atoms with Crippen LogP contribution in [0.2, 0.25) is 0 Å². The van der Waals surface area contributed by atoms with Crippen molar-refractivity contribution >= 4 is 21.6 Å². The fourth-order valence-corrected chi connectivity index (χ4v) is 3.43. The average Bonchev–Trinajstić information content (AvgIpc) is 2.47. The zero-order chi connectivity index (χ0) is 17.6. The monoisotopic (exact) mass is 340 g/mol. The fourth-order valence-electron chi connectivity index (χ4n) is 2.48. The van der Waals surface area contributed by atoms with Crippen LogP contribution in [0, 0.1) is 13.8 Å². The summed E-state index contributed by atoms with van der Waals surface area (Å²) in [6.45, 7) is 9.52. The molecule has 0 spiro atoms. The van der Waals surface area contributed by atoms with Gasteiger partial charge in [0, 0.05) is 26.1 Å². The fraction of sp³-hybridized carbons (Fsp3) is 0.588. The molecule has 0 heterocycles. The molecule has 0 bridgehead atoms. The highest BCUT2D eigenvalue weighted by Gasteiger charge is 2.18. The average molecular weight is 340 g/mol. The van der Waals surface area contributed by atoms with Crippen molar-refractivity contribution in [2.45, 2.75) is 40.5 Å². The van der Waals surface area contributed by atoms with Crippen LogP contribution in [0.3, 0.4) is 0 Å². The van der Waals surface area contributed by atoms with Gasteiger partial charge in [-0.05, 0) is 57.4 Å². The number of rotatable bonds is 8. The molecule has 0 aromatic heterocycles. The van der Waals surface area contributed by atoms with Crippen LogP contribution in [-0.2, 0) is 14.8 Å². The number of aryl methyl sites for hydroxylation is 2. The van der Waals surface area contributed by atoms with Crippen molar-refractivity contribution in [1.29, 1.82) is 0 Å². The van der Waals surface area contributed by atoms with E-state index in [0.29, 0.717) is 38.2 Å². The molecule has 0 radical (unpaired) electrons. The maximum absolute atomic E-state index is 12.1. The molecule has 0 aliphatic carbocycles. The van der Waals surface area contributed by atoms with Crippen LogP contribution in [0.15, 0.2) is 18.2 Å². The molecule has 23 heavy (non-hydrogen) atoms. The highest BCUT2D eigenvalue weighted by atomic mass is 32.2. The van der Waals surface area contributed by atoms with Gasteiger partial charge in [-0.2, -0.15) is 0 Å². The Kier molecular flexibility index (Phi) is 7.06. The standard InChI is InChI=1S/C17H28N2O3S/c1-6-18(7-2)17(20)9-8-12-19(23(5,21)22)16-11-10-14(3)15(4)13-16/h10-11,13H,6-9,12H2,1-5H3. The number of nitrogens with zero attached hydrogens (tertiary/aromatic N) is 2. The largest absolute Gasteiger partial charge is 0.343 e. The molecular weight excluding hydrogens is 312 g/mol. The molecule has 130 valence electrons. The van der Waals surface area contributed by atoms with Gasteiger partial charge in [-0.3, -0.25) is 9.10 Å². The van der Waals surface area contributed by atoms with E-state index in [9.17, 15) is 13.2 Å². The van der Waals surface area contributed by atoms with Crippen molar-refractivity contribution in [2.24, 2.45) is 0 Å². The Labute approximate surface area is 140 Å². The summed E-state index contributed by atoms with van der Waals surface area (Å²) >= 11 is 0. The third kappa shape index (κ3) is 5.53. The first-order chi connectivity index (χ1) is 10.7. The third-order valence-corrected chi connectivity index (χ3v) is 5.24. The third-order valence-electron chi connectivity index (χ3n) is 4.05. The zero-order valence-corrected chi connectivity index (χ0v) is 15.6. The lowest BCUT2D eigenvalue weighted by Crippen LogP contribution is -2.33. The predicted octanol–water partition coefficient (Wildman–Crippen LogP) is 2.72. The lowest BCUT2D eigenvalue weighted by atomic mass is 10.1. The van der Waals surface area contributed by atoms with E-state index < -0.39 is 10.0 Å². The molecule has 5 nitrogen and oxygen atoms in total. The van der Waals surface area contributed by atoms with E-state index in [1.807, 2.05) is 45.9 Å². The van der Waals surface area contributed by atoms with Crippen molar-refractivity contribution in [3.8, 4) is 0 Å². The van der Waals surface area contributed by atoms with E-state index in [0.717, 1.165) is 11.1 Å². The number of carbonyl (C=O) groups is 1. The van der Waals surface area contributed by atoms with Gasteiger partial charge >= 0.3 is 0 Å². The van der Waals surface area contributed by atoms with Gasteiger partial charge in [0.2, 0.25) is 15.9 Å². The lowest BCUT2D eigenvalue weighted by molar-refractivity contribution is -0.130. The molecule has 1 aromatic rings. The molecular formula is C17H28N2O3S. The Bertz CT molecular complexity index is 637. The van der Waals surface area contributed by atoms with Crippen molar-refractivity contribution in [1.82, 2.24) is 4.90 Å². The van der Waals surface area contributed by atoms with Crippen molar-refractivity contribution in [3.63, 3.8) is 0 Å². The van der Waals surface area contributed by atoms with Gasteiger partial charge in [-0.25, -0.2) is 8.42 Å². The molecule has 1 amide bonds. The minimum absolute atomic E-state index is 0.0727. The number of hydrogen-bond acceptors (Lipinski definition) is 3. The molecule has 0 saturated heterocycles. The maximum atomic E-state index is 12.1. The molecule has 0 N–H and O–H groups in total. The van der Waals surface area contributed by atoms with Crippen molar-refractivity contribution in [2.75, 3.05) is 30.2 Å². The second-order valence-electron chi connectivity index (χ2n) is 5.77. The molecule has 1 rings (SSSR count). The molecule has 6 heteroatoms. The number of benzene rings is 1. The van der Waals surface area contributed by atoms with Crippen molar-refractivity contribution < 1.29 is 13.2 Å². The Balaban J connectivity index is 2.82. The normalized spacial score (nSPS) is 11.3. The molecule has 0 fully saturated rings. The Morgan fingerprint density at radius 1 is 1.09 bits per heavy atom. The Hall–Kier alpha value is -1.56. The maximum Gasteiger partial charge on any atom is 0.232 e. The summed E-state index contributed by atoms with van der Waals surface area (Å²) in [6.07, 6.45) is 2.07. The predicted molar refractivity (Wildman–Crippen MR) is 95.3 cm³/mol. The Morgan fingerprint density at radius 3 is 2.17 bits per heavy atom. The second-order valence-corrected chi connectivity index (χ2v) is 7.68. The summed E-state index contributed by atoms with van der Waals surface area (Å²) in [4.78, 5) is 13.8. The Morgan fingerprint density at radius 2 is 1.70 bits per heavy atom. The SMILES string of the molecule is CCN(CC)C(=O)CCCN(c1ccc(C)c(C)c1)S(C)(=O)=O. The number of sulfonamides is 1. The highest BCUT2D eigenvalue weighted by molar-refractivity contribution is 7.92. The molecule has 0 aliphatic heterocycles. The number of anilines is 1. The first-order valence-electron chi connectivity index (χ1n) is 8.03. The summed E-state index contributed by atoms with van der Waals surface area (Å²) in [6, 6.07) is 5.61. The molecule has 0 unspecified atom stereocenters. The van der Waals surface area contributed by atoms with E-state index in [1.54, 1.807) is 4.90 Å². The van der Waals surface area contributed by atoms with Crippen LogP contribution in [0.25, 0.3) is 0 Å². The van der Waals surface area contributed by atoms with Crippen LogP contribution >= 0.6 is 0 Å². The zero-order valence-electron chi connectivity index (χ0n) is 14.8. The van der Waals surface area contributed by atoms with E-state index in [1.165, 1.54) is 10.6 Å². The summed E-state index contributed by atoms with van der Waals surface area (Å²) in [7, 11) is -3.37. The van der Waals surface area contributed by atoms with Gasteiger partial charge in [-0.15, -0.1) is 0 Å². The van der Waals surface area contributed by atoms with Gasteiger partial charge in [0.1, 0.15) is 0 Å². The highest BCUT2D eigenvalue weighted by Crippen LogP contribution is 2.21. The van der Waals surface area contributed by atoms with Crippen LogP contribution in [0.4, 0.5) is 5.69 Å².